The third-order valence-corrected chi connectivity index (χ3v) is 3.61. The topological polar surface area (TPSA) is 60.6 Å². The highest BCUT2D eigenvalue weighted by Gasteiger charge is 2.11. The van der Waals surface area contributed by atoms with Gasteiger partial charge in [-0.25, -0.2) is 9.67 Å². The molecular weight excluding hydrogens is 264 g/mol. The summed E-state index contributed by atoms with van der Waals surface area (Å²) >= 11 is 0. The van der Waals surface area contributed by atoms with Crippen LogP contribution in [0.3, 0.4) is 0 Å². The van der Waals surface area contributed by atoms with Gasteiger partial charge in [0.15, 0.2) is 5.65 Å². The summed E-state index contributed by atoms with van der Waals surface area (Å²) in [6, 6.07) is 4.57. The van der Waals surface area contributed by atoms with Crippen LogP contribution in [0.15, 0.2) is 30.7 Å². The van der Waals surface area contributed by atoms with Gasteiger partial charge in [-0.3, -0.25) is 4.68 Å². The minimum absolute atomic E-state index is 0.164. The van der Waals surface area contributed by atoms with Crippen LogP contribution in [0.1, 0.15) is 38.5 Å². The largest absolute Gasteiger partial charge is 0.376 e. The molecule has 110 valence electrons. The number of nitrogens with one attached hydrogen (secondary N) is 1. The molecule has 3 heterocycles. The van der Waals surface area contributed by atoms with Crippen LogP contribution in [0.2, 0.25) is 0 Å². The van der Waals surface area contributed by atoms with Crippen molar-refractivity contribution in [2.24, 2.45) is 7.05 Å². The molecule has 3 rings (SSSR count). The summed E-state index contributed by atoms with van der Waals surface area (Å²) in [7, 11) is 1.95. The van der Waals surface area contributed by atoms with Crippen molar-refractivity contribution in [2.75, 3.05) is 5.32 Å². The molecule has 0 aliphatic rings. The van der Waals surface area contributed by atoms with Gasteiger partial charge in [-0.05, 0) is 32.9 Å². The van der Waals surface area contributed by atoms with Gasteiger partial charge in [0.2, 0.25) is 0 Å². The molecule has 0 amide bonds. The lowest BCUT2D eigenvalue weighted by atomic mass is 10.2. The second kappa shape index (κ2) is 5.20. The number of hydrogen-bond acceptors (Lipinski definition) is 4. The number of pyridine rings is 1. The Hall–Kier alpha value is -2.37. The summed E-state index contributed by atoms with van der Waals surface area (Å²) in [5.74, 6) is 0. The van der Waals surface area contributed by atoms with Crippen molar-refractivity contribution >= 4 is 16.7 Å². The fourth-order valence-electron chi connectivity index (χ4n) is 2.53. The quantitative estimate of drug-likeness (QED) is 0.800. The maximum absolute atomic E-state index is 4.53. The van der Waals surface area contributed by atoms with Crippen LogP contribution in [0.25, 0.3) is 11.0 Å². The number of aromatic nitrogens is 5. The highest BCUT2D eigenvalue weighted by Crippen LogP contribution is 2.22. The maximum atomic E-state index is 4.53. The number of nitrogens with zero attached hydrogens (tertiary/aromatic N) is 5. The molecule has 0 radical (unpaired) electrons. The zero-order valence-electron chi connectivity index (χ0n) is 12.8. The molecule has 0 saturated carbocycles. The van der Waals surface area contributed by atoms with Gasteiger partial charge < -0.3 is 5.32 Å². The lowest BCUT2D eigenvalue weighted by Crippen LogP contribution is -2.11. The molecule has 6 heteroatoms. The zero-order valence-corrected chi connectivity index (χ0v) is 12.8. The summed E-state index contributed by atoms with van der Waals surface area (Å²) in [5, 5.41) is 13.1. The van der Waals surface area contributed by atoms with E-state index in [1.54, 1.807) is 0 Å². The van der Waals surface area contributed by atoms with Crippen molar-refractivity contribution in [2.45, 2.75) is 32.9 Å². The van der Waals surface area contributed by atoms with E-state index in [2.05, 4.69) is 47.3 Å². The molecule has 21 heavy (non-hydrogen) atoms. The maximum Gasteiger partial charge on any atom is 0.158 e. The summed E-state index contributed by atoms with van der Waals surface area (Å²) < 4.78 is 3.81. The van der Waals surface area contributed by atoms with Crippen LogP contribution in [-0.2, 0) is 7.05 Å². The predicted molar refractivity (Wildman–Crippen MR) is 83.2 cm³/mol. The van der Waals surface area contributed by atoms with E-state index in [1.165, 1.54) is 0 Å². The molecule has 3 aromatic rings. The summed E-state index contributed by atoms with van der Waals surface area (Å²) in [6.45, 7) is 6.31. The lowest BCUT2D eigenvalue weighted by Gasteiger charge is -2.15. The Kier molecular flexibility index (Phi) is 3.37. The Morgan fingerprint density at radius 3 is 2.62 bits per heavy atom. The fraction of sp³-hybridized carbons (Fsp3) is 0.400. The Morgan fingerprint density at radius 1 is 1.14 bits per heavy atom. The second-order valence-corrected chi connectivity index (χ2v) is 5.57. The molecule has 0 aliphatic carbocycles. The first-order chi connectivity index (χ1) is 10.1. The van der Waals surface area contributed by atoms with Crippen LogP contribution >= 0.6 is 0 Å². The average molecular weight is 284 g/mol. The van der Waals surface area contributed by atoms with Gasteiger partial charge in [0.25, 0.3) is 0 Å². The first-order valence-electron chi connectivity index (χ1n) is 7.14. The smallest absolute Gasteiger partial charge is 0.158 e. The van der Waals surface area contributed by atoms with Crippen LogP contribution in [-0.4, -0.2) is 24.5 Å². The van der Waals surface area contributed by atoms with E-state index in [1.807, 2.05) is 41.1 Å². The number of hydrogen-bond donors (Lipinski definition) is 1. The van der Waals surface area contributed by atoms with E-state index in [4.69, 9.17) is 0 Å². The molecular formula is C15H20N6. The summed E-state index contributed by atoms with van der Waals surface area (Å²) in [6.07, 6.45) is 5.53. The van der Waals surface area contributed by atoms with E-state index in [0.29, 0.717) is 6.04 Å². The molecule has 0 aliphatic heterocycles. The van der Waals surface area contributed by atoms with Gasteiger partial charge in [0, 0.05) is 24.7 Å². The fourth-order valence-corrected chi connectivity index (χ4v) is 2.53. The molecule has 1 unspecified atom stereocenters. The van der Waals surface area contributed by atoms with Crippen LogP contribution < -0.4 is 5.32 Å². The van der Waals surface area contributed by atoms with Gasteiger partial charge in [-0.15, -0.1) is 0 Å². The highest BCUT2D eigenvalue weighted by atomic mass is 15.3. The van der Waals surface area contributed by atoms with Crippen molar-refractivity contribution in [1.29, 1.82) is 0 Å². The van der Waals surface area contributed by atoms with E-state index in [9.17, 15) is 0 Å². The van der Waals surface area contributed by atoms with Gasteiger partial charge >= 0.3 is 0 Å². The first-order valence-corrected chi connectivity index (χ1v) is 7.14. The van der Waals surface area contributed by atoms with E-state index in [-0.39, 0.29) is 6.04 Å². The molecule has 0 fully saturated rings. The zero-order chi connectivity index (χ0) is 15.0. The van der Waals surface area contributed by atoms with Crippen molar-refractivity contribution < 1.29 is 0 Å². The minimum atomic E-state index is 0.164. The van der Waals surface area contributed by atoms with Crippen molar-refractivity contribution in [3.63, 3.8) is 0 Å². The van der Waals surface area contributed by atoms with Crippen LogP contribution in [0.4, 0.5) is 5.69 Å². The Bertz CT molecular complexity index is 754. The molecule has 3 aromatic heterocycles. The van der Waals surface area contributed by atoms with Gasteiger partial charge in [-0.2, -0.15) is 10.2 Å². The summed E-state index contributed by atoms with van der Waals surface area (Å²) in [5.41, 5.74) is 3.04. The van der Waals surface area contributed by atoms with Crippen molar-refractivity contribution in [1.82, 2.24) is 24.5 Å². The molecule has 1 atom stereocenters. The number of fused-ring (bicyclic) bond motifs is 1. The first kappa shape index (κ1) is 13.6. The van der Waals surface area contributed by atoms with E-state index >= 15 is 0 Å². The molecule has 0 bridgehead atoms. The third-order valence-electron chi connectivity index (χ3n) is 3.61. The molecule has 0 aromatic carbocycles. The molecule has 0 spiro atoms. The SMILES string of the molecule is CC(Nc1cnc2c(cnn2C(C)C)c1)c1ccnn1C. The van der Waals surface area contributed by atoms with Crippen LogP contribution in [0, 0.1) is 0 Å². The highest BCUT2D eigenvalue weighted by molar-refractivity contribution is 5.78. The second-order valence-electron chi connectivity index (χ2n) is 5.57. The third kappa shape index (κ3) is 2.49. The van der Waals surface area contributed by atoms with Crippen molar-refractivity contribution in [3.05, 3.63) is 36.4 Å². The van der Waals surface area contributed by atoms with E-state index < -0.39 is 0 Å². The molecule has 1 N–H and O–H groups in total. The summed E-state index contributed by atoms with van der Waals surface area (Å²) in [4.78, 5) is 4.53. The Balaban J connectivity index is 1.87. The molecule has 0 saturated heterocycles. The van der Waals surface area contributed by atoms with Crippen molar-refractivity contribution in [3.8, 4) is 0 Å². The van der Waals surface area contributed by atoms with E-state index in [0.717, 1.165) is 22.4 Å². The van der Waals surface area contributed by atoms with Crippen LogP contribution in [0.5, 0.6) is 0 Å². The Labute approximate surface area is 123 Å². The number of rotatable bonds is 4. The predicted octanol–water partition coefficient (Wildman–Crippen LogP) is 2.92. The van der Waals surface area contributed by atoms with Gasteiger partial charge in [0.05, 0.1) is 29.8 Å². The number of aryl methyl sites for hydroxylation is 1. The minimum Gasteiger partial charge on any atom is -0.376 e. The van der Waals surface area contributed by atoms with Gasteiger partial charge in [-0.1, -0.05) is 0 Å². The number of anilines is 1. The Morgan fingerprint density at radius 2 is 1.95 bits per heavy atom. The van der Waals surface area contributed by atoms with Gasteiger partial charge in [0.1, 0.15) is 0 Å². The molecule has 6 nitrogen and oxygen atoms in total. The monoisotopic (exact) mass is 284 g/mol. The standard InChI is InChI=1S/C15H20N6/c1-10(2)21-15-12(8-18-21)7-13(9-16-15)19-11(3)14-5-6-17-20(14)4/h5-11,19H,1-4H3. The average Bonchev–Trinajstić information content (AvgIpc) is 3.04. The lowest BCUT2D eigenvalue weighted by molar-refractivity contribution is 0.546. The normalized spacial score (nSPS) is 13.0.